The summed E-state index contributed by atoms with van der Waals surface area (Å²) in [7, 11) is 1.66. The number of aromatic hydroxyl groups is 1. The Morgan fingerprint density at radius 3 is 2.61 bits per heavy atom. The first-order chi connectivity index (χ1) is 19.9. The van der Waals surface area contributed by atoms with Gasteiger partial charge in [-0.25, -0.2) is 9.18 Å². The quantitative estimate of drug-likeness (QED) is 0.295. The number of halogens is 2. The van der Waals surface area contributed by atoms with E-state index in [2.05, 4.69) is 20.0 Å². The largest absolute Gasteiger partial charge is 0.507 e. The Balaban J connectivity index is 1.29. The predicted octanol–water partition coefficient (Wildman–Crippen LogP) is 5.56. The summed E-state index contributed by atoms with van der Waals surface area (Å²) < 4.78 is 18.0. The van der Waals surface area contributed by atoms with E-state index in [0.29, 0.717) is 39.0 Å². The molecule has 2 N–H and O–H groups in total. The summed E-state index contributed by atoms with van der Waals surface area (Å²) in [5.74, 6) is -0.525. The summed E-state index contributed by atoms with van der Waals surface area (Å²) in [6.07, 6.45) is 8.83. The van der Waals surface area contributed by atoms with E-state index in [9.17, 15) is 9.90 Å². The minimum Gasteiger partial charge on any atom is -0.507 e. The number of piperidine rings is 1. The number of anilines is 1. The highest BCUT2D eigenvalue weighted by Gasteiger charge is 2.30. The molecule has 7 rings (SSSR count). The van der Waals surface area contributed by atoms with Gasteiger partial charge in [-0.15, -0.1) is 0 Å². The van der Waals surface area contributed by atoms with Crippen LogP contribution in [0.4, 0.5) is 10.1 Å². The summed E-state index contributed by atoms with van der Waals surface area (Å²) >= 11 is 6.59. The van der Waals surface area contributed by atoms with Gasteiger partial charge in [-0.2, -0.15) is 5.10 Å². The van der Waals surface area contributed by atoms with E-state index in [1.165, 1.54) is 40.5 Å². The molecule has 1 unspecified atom stereocenters. The molecule has 210 valence electrons. The van der Waals surface area contributed by atoms with Gasteiger partial charge in [-0.05, 0) is 66.9 Å². The number of hydrogen-bond donors (Lipinski definition) is 2. The highest BCUT2D eigenvalue weighted by Crippen LogP contribution is 2.43. The molecule has 0 bridgehead atoms. The van der Waals surface area contributed by atoms with Crippen molar-refractivity contribution in [1.29, 1.82) is 0 Å². The molecule has 5 aromatic rings. The number of fused-ring (bicyclic) bond motifs is 2. The van der Waals surface area contributed by atoms with Crippen molar-refractivity contribution in [3.8, 4) is 33.7 Å². The Kier molecular flexibility index (Phi) is 6.36. The maximum atomic E-state index is 15.1. The van der Waals surface area contributed by atoms with Crippen molar-refractivity contribution in [2.24, 2.45) is 7.05 Å². The maximum absolute atomic E-state index is 15.1. The van der Waals surface area contributed by atoms with Crippen molar-refractivity contribution < 1.29 is 9.50 Å². The van der Waals surface area contributed by atoms with Gasteiger partial charge in [0.1, 0.15) is 11.6 Å². The molecule has 2 fully saturated rings. The number of nitrogens with one attached hydrogen (secondary N) is 1. The highest BCUT2D eigenvalue weighted by atomic mass is 35.5. The monoisotopic (exact) mass is 572 g/mol. The molecule has 1 atom stereocenters. The van der Waals surface area contributed by atoms with Gasteiger partial charge in [0, 0.05) is 67.3 Å². The van der Waals surface area contributed by atoms with Gasteiger partial charge >= 0.3 is 5.69 Å². The van der Waals surface area contributed by atoms with E-state index in [-0.39, 0.29) is 11.4 Å². The third kappa shape index (κ3) is 4.49. The molecule has 0 radical (unpaired) electrons. The molecule has 2 aromatic heterocycles. The van der Waals surface area contributed by atoms with Crippen LogP contribution in [-0.4, -0.2) is 61.6 Å². The second-order valence-corrected chi connectivity index (χ2v) is 11.4. The van der Waals surface area contributed by atoms with E-state index in [1.54, 1.807) is 37.6 Å². The Morgan fingerprint density at radius 1 is 1.00 bits per heavy atom. The lowest BCUT2D eigenvalue weighted by molar-refractivity contribution is 0.133. The number of nitrogens with zero attached hydrogens (tertiary/aromatic N) is 5. The van der Waals surface area contributed by atoms with Crippen LogP contribution in [0, 0.1) is 5.82 Å². The predicted molar refractivity (Wildman–Crippen MR) is 160 cm³/mol. The van der Waals surface area contributed by atoms with E-state index in [1.807, 2.05) is 18.3 Å². The second-order valence-electron chi connectivity index (χ2n) is 11.0. The number of rotatable bonds is 4. The first-order valence-electron chi connectivity index (χ1n) is 13.9. The van der Waals surface area contributed by atoms with Gasteiger partial charge in [0.25, 0.3) is 0 Å². The Bertz CT molecular complexity index is 1840. The van der Waals surface area contributed by atoms with Crippen molar-refractivity contribution >= 4 is 28.2 Å². The van der Waals surface area contributed by atoms with Crippen LogP contribution >= 0.6 is 11.6 Å². The minimum atomic E-state index is -0.477. The van der Waals surface area contributed by atoms with Gasteiger partial charge in [-0.3, -0.25) is 14.6 Å². The number of phenolic OH excluding ortho intramolecular Hbond substituents is 1. The van der Waals surface area contributed by atoms with Crippen LogP contribution in [0.5, 0.6) is 5.75 Å². The van der Waals surface area contributed by atoms with E-state index >= 15 is 4.39 Å². The zero-order valence-electron chi connectivity index (χ0n) is 22.6. The van der Waals surface area contributed by atoms with Crippen LogP contribution in [0.25, 0.3) is 38.8 Å². The molecule has 2 saturated heterocycles. The fourth-order valence-electron chi connectivity index (χ4n) is 6.38. The second kappa shape index (κ2) is 10.1. The summed E-state index contributed by atoms with van der Waals surface area (Å²) in [5, 5.41) is 20.2. The Labute approximate surface area is 241 Å². The zero-order chi connectivity index (χ0) is 28.2. The van der Waals surface area contributed by atoms with Crippen molar-refractivity contribution in [2.75, 3.05) is 31.1 Å². The smallest absolute Gasteiger partial charge is 0.332 e. The summed E-state index contributed by atoms with van der Waals surface area (Å²) in [6, 6.07) is 12.2. The number of aromatic nitrogens is 4. The van der Waals surface area contributed by atoms with Gasteiger partial charge in [0.05, 0.1) is 22.4 Å². The molecular formula is C31H30ClFN6O2. The molecule has 0 amide bonds. The molecule has 0 aliphatic carbocycles. The van der Waals surface area contributed by atoms with Crippen LogP contribution in [0.1, 0.15) is 19.3 Å². The Hall–Kier alpha value is -4.08. The molecule has 10 heteroatoms. The number of aromatic amines is 1. The number of aryl methyl sites for hydroxylation is 1. The molecule has 3 aromatic carbocycles. The molecule has 0 saturated carbocycles. The zero-order valence-corrected chi connectivity index (χ0v) is 23.4. The molecule has 4 heterocycles. The fourth-order valence-corrected chi connectivity index (χ4v) is 6.65. The average molecular weight is 573 g/mol. The number of benzene rings is 3. The molecule has 0 spiro atoms. The van der Waals surface area contributed by atoms with Crippen LogP contribution in [0.2, 0.25) is 5.02 Å². The topological polar surface area (TPSA) is 82.3 Å². The van der Waals surface area contributed by atoms with Crippen molar-refractivity contribution in [1.82, 2.24) is 24.2 Å². The lowest BCUT2D eigenvalue weighted by atomic mass is 9.95. The van der Waals surface area contributed by atoms with Crippen LogP contribution in [0.15, 0.2) is 65.8 Å². The average Bonchev–Trinajstić information content (AvgIpc) is 3.59. The first kappa shape index (κ1) is 25.9. The fraction of sp³-hybridized carbons (Fsp3) is 0.290. The lowest BCUT2D eigenvalue weighted by Gasteiger charge is -2.45. The number of hydrogen-bond acceptors (Lipinski definition) is 5. The number of imidazole rings is 1. The van der Waals surface area contributed by atoms with Crippen molar-refractivity contribution in [3.63, 3.8) is 0 Å². The van der Waals surface area contributed by atoms with Gasteiger partial charge in [-0.1, -0.05) is 24.1 Å². The van der Waals surface area contributed by atoms with E-state index in [0.717, 1.165) is 42.8 Å². The summed E-state index contributed by atoms with van der Waals surface area (Å²) in [6.45, 7) is 4.00. The number of phenols is 1. The van der Waals surface area contributed by atoms with Crippen molar-refractivity contribution in [3.05, 3.63) is 82.4 Å². The van der Waals surface area contributed by atoms with Gasteiger partial charge in [0.15, 0.2) is 0 Å². The third-order valence-corrected chi connectivity index (χ3v) is 8.87. The highest BCUT2D eigenvalue weighted by molar-refractivity contribution is 6.32. The number of H-pyrrole nitrogens is 1. The normalized spacial score (nSPS) is 17.7. The van der Waals surface area contributed by atoms with Crippen molar-refractivity contribution in [2.45, 2.75) is 25.3 Å². The van der Waals surface area contributed by atoms with E-state index < -0.39 is 5.82 Å². The molecule has 2 aliphatic rings. The van der Waals surface area contributed by atoms with E-state index in [4.69, 9.17) is 11.6 Å². The maximum Gasteiger partial charge on any atom is 0.332 e. The molecule has 2 aliphatic heterocycles. The standard InChI is InChI=1S/C31H30ClFN6O2/c1-36-8-11-39(31(36)41)28-6-5-19(12-26(28)32)23-15-21(33)16-24(30(23)40)20-13-27-25(17-34-35-27)29(14-20)38-10-9-37-7-3-2-4-22(37)18-38/h5-6,8,11-17,22,40H,2-4,7,9-10,18H2,1H3,(H,34,35). The Morgan fingerprint density at radius 2 is 1.83 bits per heavy atom. The summed E-state index contributed by atoms with van der Waals surface area (Å²) in [4.78, 5) is 17.4. The lowest BCUT2D eigenvalue weighted by Crippen LogP contribution is -2.54. The molecule has 41 heavy (non-hydrogen) atoms. The number of piperazine rings is 1. The minimum absolute atomic E-state index is 0.0472. The molecular weight excluding hydrogens is 543 g/mol. The van der Waals surface area contributed by atoms with Crippen LogP contribution < -0.4 is 10.6 Å². The SMILES string of the molecule is Cn1ccn(-c2ccc(-c3cc(F)cc(-c4cc(N5CCN6CCCCC6C5)c5cn[nH]c5c4)c3O)cc2Cl)c1=O. The van der Waals surface area contributed by atoms with Gasteiger partial charge in [0.2, 0.25) is 0 Å². The van der Waals surface area contributed by atoms with Crippen LogP contribution in [0.3, 0.4) is 0 Å². The van der Waals surface area contributed by atoms with Crippen LogP contribution in [-0.2, 0) is 7.05 Å². The summed E-state index contributed by atoms with van der Waals surface area (Å²) in [5.41, 5.74) is 4.06. The third-order valence-electron chi connectivity index (χ3n) is 8.57. The van der Waals surface area contributed by atoms with Gasteiger partial charge < -0.3 is 14.6 Å². The first-order valence-corrected chi connectivity index (χ1v) is 14.3. The molecule has 8 nitrogen and oxygen atoms in total.